The molecule has 1 N–H and O–H groups in total. The number of hydrogen-bond acceptors (Lipinski definition) is 5. The number of nitrogens with zero attached hydrogens (tertiary/aromatic N) is 1. The van der Waals surface area contributed by atoms with Crippen molar-refractivity contribution in [2.45, 2.75) is 13.5 Å². The summed E-state index contributed by atoms with van der Waals surface area (Å²) in [5.74, 6) is 1.59. The summed E-state index contributed by atoms with van der Waals surface area (Å²) in [4.78, 5) is 14.0. The maximum Gasteiger partial charge on any atom is 0.240 e. The Morgan fingerprint density at radius 2 is 2.21 bits per heavy atom. The Hall–Kier alpha value is -2.36. The highest BCUT2D eigenvalue weighted by Crippen LogP contribution is 2.33. The number of benzene rings is 1. The van der Waals surface area contributed by atoms with Crippen LogP contribution in [0.5, 0.6) is 5.75 Å². The van der Waals surface area contributed by atoms with E-state index in [0.717, 1.165) is 5.56 Å². The van der Waals surface area contributed by atoms with Crippen LogP contribution in [0.4, 0.5) is 5.69 Å². The molecule has 1 heterocycles. The van der Waals surface area contributed by atoms with Gasteiger partial charge in [0.05, 0.1) is 6.61 Å². The molecule has 0 amide bonds. The van der Waals surface area contributed by atoms with E-state index in [9.17, 15) is 4.79 Å². The summed E-state index contributed by atoms with van der Waals surface area (Å²) in [5, 5.41) is 8.97. The third-order valence-electron chi connectivity index (χ3n) is 2.53. The van der Waals surface area contributed by atoms with Gasteiger partial charge in [0.2, 0.25) is 6.08 Å². The molecule has 0 radical (unpaired) electrons. The lowest BCUT2D eigenvalue weighted by Gasteiger charge is -2.06. The molecular weight excluding hydrogens is 246 g/mol. The monoisotopic (exact) mass is 259 g/mol. The quantitative estimate of drug-likeness (QED) is 0.662. The highest BCUT2D eigenvalue weighted by molar-refractivity contribution is 5.69. The molecule has 98 valence electrons. The summed E-state index contributed by atoms with van der Waals surface area (Å²) in [6.07, 6.45) is 1.50. The van der Waals surface area contributed by atoms with Gasteiger partial charge in [0.25, 0.3) is 0 Å². The van der Waals surface area contributed by atoms with Gasteiger partial charge >= 0.3 is 0 Å². The van der Waals surface area contributed by atoms with Crippen molar-refractivity contribution in [2.75, 3.05) is 6.61 Å². The van der Waals surface area contributed by atoms with E-state index >= 15 is 0 Å². The van der Waals surface area contributed by atoms with Crippen LogP contribution in [0.2, 0.25) is 0 Å². The van der Waals surface area contributed by atoms with E-state index in [1.165, 1.54) is 6.08 Å². The topological polar surface area (TPSA) is 72.0 Å². The standard InChI is InChI=1S/C14H13NO4/c1-2-18-14-5-3-10(7-12(14)15-9-17)13-6-4-11(8-16)19-13/h3-7,16H,2,8H2,1H3. The van der Waals surface area contributed by atoms with Gasteiger partial charge in [0.1, 0.15) is 29.6 Å². The van der Waals surface area contributed by atoms with Gasteiger partial charge in [0, 0.05) is 5.56 Å². The van der Waals surface area contributed by atoms with Crippen molar-refractivity contribution in [3.05, 3.63) is 36.1 Å². The second kappa shape index (κ2) is 6.00. The molecule has 0 spiro atoms. The summed E-state index contributed by atoms with van der Waals surface area (Å²) in [7, 11) is 0. The highest BCUT2D eigenvalue weighted by Gasteiger charge is 2.09. The fourth-order valence-corrected chi connectivity index (χ4v) is 1.70. The first-order chi connectivity index (χ1) is 9.28. The molecule has 0 atom stereocenters. The average molecular weight is 259 g/mol. The van der Waals surface area contributed by atoms with Crippen molar-refractivity contribution in [1.29, 1.82) is 0 Å². The van der Waals surface area contributed by atoms with Gasteiger partial charge in [-0.3, -0.25) is 0 Å². The Labute approximate surface area is 110 Å². The van der Waals surface area contributed by atoms with Gasteiger partial charge in [-0.1, -0.05) is 0 Å². The molecule has 19 heavy (non-hydrogen) atoms. The molecule has 0 aliphatic heterocycles. The number of isocyanates is 1. The van der Waals surface area contributed by atoms with Crippen molar-refractivity contribution in [3.8, 4) is 17.1 Å². The van der Waals surface area contributed by atoms with Crippen molar-refractivity contribution in [3.63, 3.8) is 0 Å². The Morgan fingerprint density at radius 1 is 1.37 bits per heavy atom. The Balaban J connectivity index is 2.42. The zero-order chi connectivity index (χ0) is 13.7. The van der Waals surface area contributed by atoms with E-state index in [4.69, 9.17) is 14.3 Å². The van der Waals surface area contributed by atoms with Crippen molar-refractivity contribution >= 4 is 11.8 Å². The smallest absolute Gasteiger partial charge is 0.240 e. The Bertz CT molecular complexity index is 612. The van der Waals surface area contributed by atoms with Gasteiger partial charge in [-0.05, 0) is 37.3 Å². The number of aliphatic hydroxyl groups excluding tert-OH is 1. The van der Waals surface area contributed by atoms with Crippen LogP contribution in [0.25, 0.3) is 11.3 Å². The van der Waals surface area contributed by atoms with Crippen LogP contribution in [-0.2, 0) is 11.4 Å². The second-order valence-corrected chi connectivity index (χ2v) is 3.74. The number of aliphatic imine (C=N–C) groups is 1. The molecule has 0 unspecified atom stereocenters. The van der Waals surface area contributed by atoms with Gasteiger partial charge in [-0.2, -0.15) is 4.99 Å². The predicted molar refractivity (Wildman–Crippen MR) is 69.0 cm³/mol. The first kappa shape index (κ1) is 13.1. The zero-order valence-electron chi connectivity index (χ0n) is 10.4. The molecule has 0 saturated carbocycles. The fourth-order valence-electron chi connectivity index (χ4n) is 1.70. The van der Waals surface area contributed by atoms with Crippen LogP contribution in [-0.4, -0.2) is 17.8 Å². The molecule has 0 aliphatic rings. The van der Waals surface area contributed by atoms with E-state index in [1.807, 2.05) is 6.92 Å². The maximum absolute atomic E-state index is 10.4. The van der Waals surface area contributed by atoms with Crippen LogP contribution < -0.4 is 4.74 Å². The van der Waals surface area contributed by atoms with Crippen molar-refractivity contribution < 1.29 is 19.1 Å². The molecule has 5 heteroatoms. The second-order valence-electron chi connectivity index (χ2n) is 3.74. The normalized spacial score (nSPS) is 10.0. The van der Waals surface area contributed by atoms with E-state index in [0.29, 0.717) is 29.6 Å². The van der Waals surface area contributed by atoms with Crippen LogP contribution >= 0.6 is 0 Å². The molecular formula is C14H13NO4. The Morgan fingerprint density at radius 3 is 2.84 bits per heavy atom. The molecule has 2 aromatic rings. The first-order valence-corrected chi connectivity index (χ1v) is 5.83. The number of hydrogen-bond donors (Lipinski definition) is 1. The van der Waals surface area contributed by atoms with Gasteiger partial charge < -0.3 is 14.3 Å². The number of furan rings is 1. The van der Waals surface area contributed by atoms with Crippen LogP contribution in [0, 0.1) is 0 Å². The maximum atomic E-state index is 10.4. The molecule has 1 aromatic heterocycles. The van der Waals surface area contributed by atoms with E-state index in [-0.39, 0.29) is 6.61 Å². The number of carbonyl (C=O) groups excluding carboxylic acids is 1. The van der Waals surface area contributed by atoms with Gasteiger partial charge in [0.15, 0.2) is 0 Å². The molecule has 1 aromatic carbocycles. The lowest BCUT2D eigenvalue weighted by atomic mass is 10.1. The molecule has 0 aliphatic carbocycles. The predicted octanol–water partition coefficient (Wildman–Crippen LogP) is 2.80. The van der Waals surface area contributed by atoms with Crippen molar-refractivity contribution in [1.82, 2.24) is 0 Å². The number of aliphatic hydroxyl groups is 1. The van der Waals surface area contributed by atoms with Crippen molar-refractivity contribution in [2.24, 2.45) is 4.99 Å². The van der Waals surface area contributed by atoms with E-state index < -0.39 is 0 Å². The van der Waals surface area contributed by atoms with Crippen LogP contribution in [0.3, 0.4) is 0 Å². The summed E-state index contributed by atoms with van der Waals surface area (Å²) in [6.45, 7) is 2.18. The summed E-state index contributed by atoms with van der Waals surface area (Å²) >= 11 is 0. The van der Waals surface area contributed by atoms with Crippen LogP contribution in [0.1, 0.15) is 12.7 Å². The third-order valence-corrected chi connectivity index (χ3v) is 2.53. The van der Waals surface area contributed by atoms with E-state index in [1.54, 1.807) is 30.3 Å². The average Bonchev–Trinajstić information content (AvgIpc) is 2.90. The SMILES string of the molecule is CCOc1ccc(-c2ccc(CO)o2)cc1N=C=O. The Kier molecular flexibility index (Phi) is 4.13. The largest absolute Gasteiger partial charge is 0.492 e. The van der Waals surface area contributed by atoms with Crippen LogP contribution in [0.15, 0.2) is 39.7 Å². The summed E-state index contributed by atoms with van der Waals surface area (Å²) < 4.78 is 10.8. The zero-order valence-corrected chi connectivity index (χ0v) is 10.4. The molecule has 5 nitrogen and oxygen atoms in total. The molecule has 0 fully saturated rings. The van der Waals surface area contributed by atoms with Gasteiger partial charge in [-0.15, -0.1) is 0 Å². The lowest BCUT2D eigenvalue weighted by molar-refractivity contribution is 0.248. The lowest BCUT2D eigenvalue weighted by Crippen LogP contribution is -1.91. The van der Waals surface area contributed by atoms with E-state index in [2.05, 4.69) is 4.99 Å². The van der Waals surface area contributed by atoms with Gasteiger partial charge in [-0.25, -0.2) is 4.79 Å². The minimum atomic E-state index is -0.156. The summed E-state index contributed by atoms with van der Waals surface area (Å²) in [6, 6.07) is 8.63. The third kappa shape index (κ3) is 2.91. The molecule has 0 saturated heterocycles. The highest BCUT2D eigenvalue weighted by atomic mass is 16.5. The fraction of sp³-hybridized carbons (Fsp3) is 0.214. The number of rotatable bonds is 5. The molecule has 2 rings (SSSR count). The number of ether oxygens (including phenoxy) is 1. The molecule has 0 bridgehead atoms. The minimum Gasteiger partial charge on any atom is -0.492 e. The summed E-state index contributed by atoms with van der Waals surface area (Å²) in [5.41, 5.74) is 1.15. The first-order valence-electron chi connectivity index (χ1n) is 5.83. The minimum absolute atomic E-state index is 0.156.